The number of hydrogen-bond donors (Lipinski definition) is 0. The molecule has 0 radical (unpaired) electrons. The van der Waals surface area contributed by atoms with Crippen LogP contribution in [0.25, 0.3) is 22.4 Å². The number of carbonyl (C=O) groups is 1. The van der Waals surface area contributed by atoms with Crippen molar-refractivity contribution in [3.63, 3.8) is 0 Å². The van der Waals surface area contributed by atoms with Crippen LogP contribution in [0.15, 0.2) is 140 Å². The second-order valence-electron chi connectivity index (χ2n) is 9.20. The van der Waals surface area contributed by atoms with Crippen LogP contribution in [0.2, 0.25) is 0 Å². The number of para-hydroxylation sites is 2. The van der Waals surface area contributed by atoms with E-state index in [2.05, 4.69) is 34.9 Å². The zero-order valence-electron chi connectivity index (χ0n) is 20.8. The molecule has 1 aromatic heterocycles. The number of aromatic nitrogens is 2. The third-order valence-electron chi connectivity index (χ3n) is 6.67. The Morgan fingerprint density at radius 2 is 1.21 bits per heavy atom. The lowest BCUT2D eigenvalue weighted by Crippen LogP contribution is -2.20. The van der Waals surface area contributed by atoms with E-state index in [1.54, 1.807) is 0 Å². The number of hydrogen-bond acceptors (Lipinski definition) is 3. The quantitative estimate of drug-likeness (QED) is 0.171. The molecule has 0 unspecified atom stereocenters. The van der Waals surface area contributed by atoms with E-state index in [0.29, 0.717) is 12.3 Å². The summed E-state index contributed by atoms with van der Waals surface area (Å²) in [4.78, 5) is 18.3. The van der Waals surface area contributed by atoms with E-state index >= 15 is 0 Å². The van der Waals surface area contributed by atoms with Gasteiger partial charge in [0.15, 0.2) is 0 Å². The Labute approximate surface area is 221 Å². The van der Waals surface area contributed by atoms with Gasteiger partial charge in [-0.25, -0.2) is 4.98 Å². The standard InChI is InChI=1S/C34H26N2O2/c37-34(32(26-14-6-2-7-15-26)27-16-8-3-9-17-27)38-29-22-20-28(21-23-29)33-35-30-18-10-11-19-31(30)36(33)24-25-12-4-1-5-13-25/h1-23,32H,24H2. The Balaban J connectivity index is 1.29. The summed E-state index contributed by atoms with van der Waals surface area (Å²) in [6, 6.07) is 45.6. The number of nitrogens with zero attached hydrogens (tertiary/aromatic N) is 2. The molecule has 38 heavy (non-hydrogen) atoms. The highest BCUT2D eigenvalue weighted by Crippen LogP contribution is 2.30. The Kier molecular flexibility index (Phi) is 6.52. The molecule has 0 fully saturated rings. The Bertz CT molecular complexity index is 1620. The Hall–Kier alpha value is -4.96. The minimum absolute atomic E-state index is 0.313. The van der Waals surface area contributed by atoms with Gasteiger partial charge < -0.3 is 9.30 Å². The maximum atomic E-state index is 13.4. The molecule has 0 aliphatic rings. The minimum Gasteiger partial charge on any atom is -0.426 e. The number of ether oxygens (including phenoxy) is 1. The van der Waals surface area contributed by atoms with Gasteiger partial charge >= 0.3 is 5.97 Å². The minimum atomic E-state index is -0.507. The molecule has 0 saturated heterocycles. The SMILES string of the molecule is O=C(Oc1ccc(-c2nc3ccccc3n2Cc2ccccc2)cc1)C(c1ccccc1)c1ccccc1. The van der Waals surface area contributed by atoms with Gasteiger partial charge in [-0.3, -0.25) is 4.79 Å². The number of esters is 1. The van der Waals surface area contributed by atoms with Crippen LogP contribution in [0, 0.1) is 0 Å². The molecule has 0 aliphatic heterocycles. The van der Waals surface area contributed by atoms with Crippen LogP contribution >= 0.6 is 0 Å². The van der Waals surface area contributed by atoms with Gasteiger partial charge in [0.25, 0.3) is 0 Å². The van der Waals surface area contributed by atoms with E-state index in [9.17, 15) is 4.79 Å². The smallest absolute Gasteiger partial charge is 0.323 e. The fourth-order valence-corrected chi connectivity index (χ4v) is 4.82. The monoisotopic (exact) mass is 494 g/mol. The topological polar surface area (TPSA) is 44.1 Å². The molecule has 0 amide bonds. The molecule has 4 heteroatoms. The first kappa shape index (κ1) is 23.4. The lowest BCUT2D eigenvalue weighted by molar-refractivity contribution is -0.135. The van der Waals surface area contributed by atoms with Crippen LogP contribution in [0.3, 0.4) is 0 Å². The second-order valence-corrected chi connectivity index (χ2v) is 9.20. The molecule has 4 nitrogen and oxygen atoms in total. The summed E-state index contributed by atoms with van der Waals surface area (Å²) in [7, 11) is 0. The average molecular weight is 495 g/mol. The van der Waals surface area contributed by atoms with Crippen molar-refractivity contribution in [2.24, 2.45) is 0 Å². The van der Waals surface area contributed by atoms with Crippen molar-refractivity contribution in [1.82, 2.24) is 9.55 Å². The first-order chi connectivity index (χ1) is 18.8. The summed E-state index contributed by atoms with van der Waals surface area (Å²) in [6.07, 6.45) is 0. The lowest BCUT2D eigenvalue weighted by Gasteiger charge is -2.17. The number of carbonyl (C=O) groups excluding carboxylic acids is 1. The van der Waals surface area contributed by atoms with Crippen LogP contribution in [0.4, 0.5) is 0 Å². The molecule has 0 spiro atoms. The third-order valence-corrected chi connectivity index (χ3v) is 6.67. The highest BCUT2D eigenvalue weighted by atomic mass is 16.5. The largest absolute Gasteiger partial charge is 0.426 e. The molecule has 5 aromatic carbocycles. The second kappa shape index (κ2) is 10.6. The van der Waals surface area contributed by atoms with E-state index in [-0.39, 0.29) is 5.97 Å². The van der Waals surface area contributed by atoms with Crippen molar-refractivity contribution in [2.45, 2.75) is 12.5 Å². The third kappa shape index (κ3) is 4.84. The Morgan fingerprint density at radius 3 is 1.84 bits per heavy atom. The van der Waals surface area contributed by atoms with E-state index in [1.165, 1.54) is 5.56 Å². The van der Waals surface area contributed by atoms with Crippen LogP contribution in [-0.2, 0) is 11.3 Å². The van der Waals surface area contributed by atoms with Crippen molar-refractivity contribution in [3.8, 4) is 17.1 Å². The fraction of sp³-hybridized carbons (Fsp3) is 0.0588. The molecule has 0 saturated carbocycles. The van der Waals surface area contributed by atoms with Crippen molar-refractivity contribution in [1.29, 1.82) is 0 Å². The number of benzene rings is 5. The molecular formula is C34H26N2O2. The van der Waals surface area contributed by atoms with Gasteiger partial charge in [0.2, 0.25) is 0 Å². The van der Waals surface area contributed by atoms with E-state index in [0.717, 1.165) is 33.5 Å². The van der Waals surface area contributed by atoms with Crippen molar-refractivity contribution in [3.05, 3.63) is 156 Å². The molecule has 1 heterocycles. The predicted molar refractivity (Wildman–Crippen MR) is 151 cm³/mol. The first-order valence-electron chi connectivity index (χ1n) is 12.7. The molecule has 0 bridgehead atoms. The van der Waals surface area contributed by atoms with Gasteiger partial charge in [0, 0.05) is 12.1 Å². The van der Waals surface area contributed by atoms with Crippen molar-refractivity contribution in [2.75, 3.05) is 0 Å². The summed E-state index contributed by atoms with van der Waals surface area (Å²) in [5, 5.41) is 0. The Morgan fingerprint density at radius 1 is 0.658 bits per heavy atom. The maximum Gasteiger partial charge on any atom is 0.323 e. The summed E-state index contributed by atoms with van der Waals surface area (Å²) >= 11 is 0. The summed E-state index contributed by atoms with van der Waals surface area (Å²) in [6.45, 7) is 0.712. The highest BCUT2D eigenvalue weighted by molar-refractivity contribution is 5.84. The van der Waals surface area contributed by atoms with E-state index in [4.69, 9.17) is 9.72 Å². The fourth-order valence-electron chi connectivity index (χ4n) is 4.82. The summed E-state index contributed by atoms with van der Waals surface area (Å²) in [5.41, 5.74) is 5.98. The van der Waals surface area contributed by atoms with Crippen LogP contribution in [0.1, 0.15) is 22.6 Å². The lowest BCUT2D eigenvalue weighted by atomic mass is 9.91. The normalized spacial score (nSPS) is 11.1. The van der Waals surface area contributed by atoms with E-state index < -0.39 is 5.92 Å². The van der Waals surface area contributed by atoms with Crippen molar-refractivity contribution >= 4 is 17.0 Å². The van der Waals surface area contributed by atoms with Crippen LogP contribution < -0.4 is 4.74 Å². The summed E-state index contributed by atoms with van der Waals surface area (Å²) < 4.78 is 8.12. The maximum absolute atomic E-state index is 13.4. The average Bonchev–Trinajstić information content (AvgIpc) is 3.33. The highest BCUT2D eigenvalue weighted by Gasteiger charge is 2.25. The van der Waals surface area contributed by atoms with E-state index in [1.807, 2.05) is 109 Å². The zero-order valence-corrected chi connectivity index (χ0v) is 20.8. The summed E-state index contributed by atoms with van der Waals surface area (Å²) in [5.74, 6) is 0.555. The number of rotatable bonds is 7. The molecule has 184 valence electrons. The predicted octanol–water partition coefficient (Wildman–Crippen LogP) is 7.49. The molecule has 0 aliphatic carbocycles. The molecule has 6 rings (SSSR count). The van der Waals surface area contributed by atoms with Crippen LogP contribution in [-0.4, -0.2) is 15.5 Å². The molecule has 6 aromatic rings. The zero-order chi connectivity index (χ0) is 25.7. The number of imidazole rings is 1. The number of fused-ring (bicyclic) bond motifs is 1. The van der Waals surface area contributed by atoms with Gasteiger partial charge in [-0.2, -0.15) is 0 Å². The molecule has 0 atom stereocenters. The van der Waals surface area contributed by atoms with Gasteiger partial charge in [-0.1, -0.05) is 103 Å². The molecular weight excluding hydrogens is 468 g/mol. The molecule has 0 N–H and O–H groups in total. The first-order valence-corrected chi connectivity index (χ1v) is 12.7. The van der Waals surface area contributed by atoms with Gasteiger partial charge in [-0.15, -0.1) is 0 Å². The van der Waals surface area contributed by atoms with Crippen LogP contribution in [0.5, 0.6) is 5.75 Å². The van der Waals surface area contributed by atoms with Gasteiger partial charge in [-0.05, 0) is 53.1 Å². The van der Waals surface area contributed by atoms with Gasteiger partial charge in [0.1, 0.15) is 17.5 Å². The van der Waals surface area contributed by atoms with Crippen molar-refractivity contribution < 1.29 is 9.53 Å². The van der Waals surface area contributed by atoms with Gasteiger partial charge in [0.05, 0.1) is 11.0 Å².